The number of benzene rings is 2. The lowest BCUT2D eigenvalue weighted by atomic mass is 10.3. The van der Waals surface area contributed by atoms with Gasteiger partial charge in [0.05, 0.1) is 16.9 Å². The minimum absolute atomic E-state index is 0.193. The molecule has 3 aromatic rings. The Morgan fingerprint density at radius 1 is 1.11 bits per heavy atom. The van der Waals surface area contributed by atoms with E-state index in [4.69, 9.17) is 39.5 Å². The summed E-state index contributed by atoms with van der Waals surface area (Å²) in [5.41, 5.74) is 4.21. The summed E-state index contributed by atoms with van der Waals surface area (Å²) in [4.78, 5) is 11.9. The Morgan fingerprint density at radius 2 is 1.89 bits per heavy atom. The maximum Gasteiger partial charge on any atom is 0.277 e. The number of para-hydroxylation sites is 1. The van der Waals surface area contributed by atoms with Crippen molar-refractivity contribution in [1.29, 1.82) is 0 Å². The first-order valence-corrected chi connectivity index (χ1v) is 9.00. The molecule has 0 unspecified atom stereocenters. The molecule has 27 heavy (non-hydrogen) atoms. The van der Waals surface area contributed by atoms with Gasteiger partial charge in [0.1, 0.15) is 10.8 Å². The van der Waals surface area contributed by atoms with Crippen molar-refractivity contribution in [3.63, 3.8) is 0 Å². The number of hydrogen-bond acceptors (Lipinski definition) is 3. The fourth-order valence-electron chi connectivity index (χ4n) is 2.31. The zero-order chi connectivity index (χ0) is 19.2. The van der Waals surface area contributed by atoms with Gasteiger partial charge in [-0.15, -0.1) is 0 Å². The van der Waals surface area contributed by atoms with Crippen LogP contribution in [-0.4, -0.2) is 23.3 Å². The first-order chi connectivity index (χ1) is 13.0. The predicted molar refractivity (Wildman–Crippen MR) is 108 cm³/mol. The molecule has 0 atom stereocenters. The molecule has 1 heterocycles. The SMILES string of the molecule is O=C(COc1cc(Cl)cc(Cl)c1Cl)N/N=C\c1cccn1-c1ccccc1. The first-order valence-electron chi connectivity index (χ1n) is 7.86. The maximum absolute atomic E-state index is 11.9. The van der Waals surface area contributed by atoms with E-state index in [-0.39, 0.29) is 22.4 Å². The highest BCUT2D eigenvalue weighted by molar-refractivity contribution is 6.44. The van der Waals surface area contributed by atoms with E-state index in [0.29, 0.717) is 5.02 Å². The number of ether oxygens (including phenoxy) is 1. The Hall–Kier alpha value is -2.47. The summed E-state index contributed by atoms with van der Waals surface area (Å²) in [7, 11) is 0. The van der Waals surface area contributed by atoms with Crippen LogP contribution in [0.2, 0.25) is 15.1 Å². The zero-order valence-electron chi connectivity index (χ0n) is 13.9. The highest BCUT2D eigenvalue weighted by Crippen LogP contribution is 2.35. The van der Waals surface area contributed by atoms with Gasteiger partial charge in [-0.1, -0.05) is 53.0 Å². The van der Waals surface area contributed by atoms with Gasteiger partial charge in [-0.25, -0.2) is 5.43 Å². The Kier molecular flexibility index (Phi) is 6.40. The third-order valence-corrected chi connectivity index (χ3v) is 4.52. The molecule has 0 saturated heterocycles. The predicted octanol–water partition coefficient (Wildman–Crippen LogP) is 4.97. The average molecular weight is 423 g/mol. The van der Waals surface area contributed by atoms with Crippen LogP contribution < -0.4 is 10.2 Å². The second kappa shape index (κ2) is 8.95. The fraction of sp³-hybridized carbons (Fsp3) is 0.0526. The van der Waals surface area contributed by atoms with E-state index in [1.807, 2.05) is 53.2 Å². The molecule has 5 nitrogen and oxygen atoms in total. The van der Waals surface area contributed by atoms with Crippen LogP contribution in [0.25, 0.3) is 5.69 Å². The first kappa shape index (κ1) is 19.3. The lowest BCUT2D eigenvalue weighted by Crippen LogP contribution is -2.24. The van der Waals surface area contributed by atoms with Gasteiger partial charge in [-0.05, 0) is 30.3 Å². The molecule has 138 valence electrons. The van der Waals surface area contributed by atoms with Crippen molar-refractivity contribution >= 4 is 46.9 Å². The molecule has 8 heteroatoms. The van der Waals surface area contributed by atoms with Crippen molar-refractivity contribution in [3.8, 4) is 11.4 Å². The molecule has 0 aliphatic heterocycles. The monoisotopic (exact) mass is 421 g/mol. The summed E-state index contributed by atoms with van der Waals surface area (Å²) < 4.78 is 7.29. The summed E-state index contributed by atoms with van der Waals surface area (Å²) >= 11 is 17.8. The summed E-state index contributed by atoms with van der Waals surface area (Å²) in [6.07, 6.45) is 3.46. The minimum Gasteiger partial charge on any atom is -0.482 e. The van der Waals surface area contributed by atoms with Crippen LogP contribution in [0, 0.1) is 0 Å². The van der Waals surface area contributed by atoms with Gasteiger partial charge in [-0.3, -0.25) is 4.79 Å². The van der Waals surface area contributed by atoms with Gasteiger partial charge in [-0.2, -0.15) is 5.10 Å². The van der Waals surface area contributed by atoms with Gasteiger partial charge in [0.2, 0.25) is 0 Å². The second-order valence-electron chi connectivity index (χ2n) is 5.42. The molecule has 0 fully saturated rings. The molecule has 1 aromatic heterocycles. The third kappa shape index (κ3) is 5.04. The van der Waals surface area contributed by atoms with E-state index in [2.05, 4.69) is 10.5 Å². The number of carbonyl (C=O) groups excluding carboxylic acids is 1. The largest absolute Gasteiger partial charge is 0.482 e. The van der Waals surface area contributed by atoms with Crippen molar-refractivity contribution in [3.05, 3.63) is 81.6 Å². The summed E-state index contributed by atoms with van der Waals surface area (Å²) in [5, 5.41) is 4.76. The maximum atomic E-state index is 11.9. The number of nitrogens with one attached hydrogen (secondary N) is 1. The number of hydrogen-bond donors (Lipinski definition) is 1. The number of rotatable bonds is 6. The van der Waals surface area contributed by atoms with Crippen LogP contribution in [0.3, 0.4) is 0 Å². The number of carbonyl (C=O) groups is 1. The molecule has 2 aromatic carbocycles. The minimum atomic E-state index is -0.448. The topological polar surface area (TPSA) is 55.6 Å². The van der Waals surface area contributed by atoms with Crippen molar-refractivity contribution < 1.29 is 9.53 Å². The Labute approximate surface area is 171 Å². The molecule has 0 spiro atoms. The fourth-order valence-corrected chi connectivity index (χ4v) is 2.94. The van der Waals surface area contributed by atoms with E-state index >= 15 is 0 Å². The molecule has 0 aliphatic rings. The smallest absolute Gasteiger partial charge is 0.277 e. The summed E-state index contributed by atoms with van der Waals surface area (Å²) in [6.45, 7) is -0.284. The van der Waals surface area contributed by atoms with Crippen molar-refractivity contribution in [2.45, 2.75) is 0 Å². The van der Waals surface area contributed by atoms with Gasteiger partial charge in [0.15, 0.2) is 6.61 Å². The van der Waals surface area contributed by atoms with Crippen molar-refractivity contribution in [2.24, 2.45) is 5.10 Å². The van der Waals surface area contributed by atoms with Gasteiger partial charge < -0.3 is 9.30 Å². The van der Waals surface area contributed by atoms with Crippen molar-refractivity contribution in [1.82, 2.24) is 9.99 Å². The number of halogens is 3. The highest BCUT2D eigenvalue weighted by atomic mass is 35.5. The van der Waals surface area contributed by atoms with Gasteiger partial charge in [0.25, 0.3) is 5.91 Å². The number of nitrogens with zero attached hydrogens (tertiary/aromatic N) is 2. The van der Waals surface area contributed by atoms with Gasteiger partial charge >= 0.3 is 0 Å². The average Bonchev–Trinajstić information content (AvgIpc) is 3.12. The Morgan fingerprint density at radius 3 is 2.67 bits per heavy atom. The lowest BCUT2D eigenvalue weighted by Gasteiger charge is -2.09. The highest BCUT2D eigenvalue weighted by Gasteiger charge is 2.10. The van der Waals surface area contributed by atoms with Crippen LogP contribution in [0.5, 0.6) is 5.75 Å². The molecule has 3 rings (SSSR count). The van der Waals surface area contributed by atoms with Crippen LogP contribution in [0.1, 0.15) is 5.69 Å². The molecule has 0 aliphatic carbocycles. The van der Waals surface area contributed by atoms with E-state index in [0.717, 1.165) is 11.4 Å². The van der Waals surface area contributed by atoms with E-state index in [9.17, 15) is 4.79 Å². The molecule has 1 N–H and O–H groups in total. The number of hydrazone groups is 1. The normalized spacial score (nSPS) is 10.9. The summed E-state index contributed by atoms with van der Waals surface area (Å²) in [5.74, 6) is -0.220. The lowest BCUT2D eigenvalue weighted by molar-refractivity contribution is -0.123. The van der Waals surface area contributed by atoms with Gasteiger partial charge in [0, 0.05) is 23.0 Å². The van der Waals surface area contributed by atoms with Crippen LogP contribution in [-0.2, 0) is 4.79 Å². The molecular formula is C19H14Cl3N3O2. The third-order valence-electron chi connectivity index (χ3n) is 3.52. The quantitative estimate of drug-likeness (QED) is 0.346. The van der Waals surface area contributed by atoms with Crippen LogP contribution in [0.15, 0.2) is 65.9 Å². The standard InChI is InChI=1S/C19H14Cl3N3O2/c20-13-9-16(21)19(22)17(10-13)27-12-18(26)24-23-11-15-7-4-8-25(15)14-5-2-1-3-6-14/h1-11H,12H2,(H,24,26)/b23-11-. The number of aromatic nitrogens is 1. The molecular weight excluding hydrogens is 409 g/mol. The Bertz CT molecular complexity index is 972. The van der Waals surface area contributed by atoms with Crippen LogP contribution >= 0.6 is 34.8 Å². The van der Waals surface area contributed by atoms with E-state index in [1.54, 1.807) is 6.21 Å². The van der Waals surface area contributed by atoms with Crippen LogP contribution in [0.4, 0.5) is 0 Å². The van der Waals surface area contributed by atoms with Crippen molar-refractivity contribution in [2.75, 3.05) is 6.61 Å². The molecule has 0 saturated carbocycles. The summed E-state index contributed by atoms with van der Waals surface area (Å²) in [6, 6.07) is 16.5. The Balaban J connectivity index is 1.58. The second-order valence-corrected chi connectivity index (χ2v) is 6.64. The molecule has 0 bridgehead atoms. The molecule has 0 radical (unpaired) electrons. The molecule has 1 amide bonds. The zero-order valence-corrected chi connectivity index (χ0v) is 16.2. The number of amides is 1. The van der Waals surface area contributed by atoms with E-state index in [1.165, 1.54) is 12.1 Å². The van der Waals surface area contributed by atoms with E-state index < -0.39 is 5.91 Å².